The average Bonchev–Trinajstić information content (AvgIpc) is 2.58. The van der Waals surface area contributed by atoms with Gasteiger partial charge >= 0.3 is 6.18 Å². The zero-order valence-electron chi connectivity index (χ0n) is 16.5. The van der Waals surface area contributed by atoms with Gasteiger partial charge in [0, 0.05) is 32.4 Å². The second kappa shape index (κ2) is 9.34. The minimum absolute atomic E-state index is 0.560. The molecule has 0 fully saturated rings. The molecule has 2 aromatic rings. The standard InChI is InChI=1S/C20H25F3N4S/c1-14-11-15(2)24-18(12-14)25-19(28)27(4)10-9-26(3)13-16-5-7-17(8-6-16)20(21,22)23/h5-8,11-12H,9-10,13H2,1-4H3,(H,24,25,28). The van der Waals surface area contributed by atoms with Crippen LogP contribution in [0.1, 0.15) is 22.4 Å². The molecule has 2 rings (SSSR count). The van der Waals surface area contributed by atoms with Gasteiger partial charge in [0.1, 0.15) is 5.82 Å². The van der Waals surface area contributed by atoms with Crippen LogP contribution in [0.3, 0.4) is 0 Å². The van der Waals surface area contributed by atoms with Crippen LogP contribution in [0.5, 0.6) is 0 Å². The number of hydrogen-bond acceptors (Lipinski definition) is 3. The lowest BCUT2D eigenvalue weighted by Gasteiger charge is -2.24. The Balaban J connectivity index is 1.82. The number of nitrogens with zero attached hydrogens (tertiary/aromatic N) is 3. The number of aryl methyl sites for hydroxylation is 2. The number of anilines is 1. The van der Waals surface area contributed by atoms with E-state index in [1.807, 2.05) is 49.9 Å². The number of pyridine rings is 1. The van der Waals surface area contributed by atoms with Crippen molar-refractivity contribution >= 4 is 23.1 Å². The Hall–Kier alpha value is -2.19. The molecule has 0 amide bonds. The fourth-order valence-corrected chi connectivity index (χ4v) is 2.92. The van der Waals surface area contributed by atoms with Crippen molar-refractivity contribution in [3.8, 4) is 0 Å². The second-order valence-corrected chi connectivity index (χ2v) is 7.34. The van der Waals surface area contributed by atoms with E-state index >= 15 is 0 Å². The van der Waals surface area contributed by atoms with Gasteiger partial charge < -0.3 is 15.1 Å². The Morgan fingerprint density at radius 1 is 1.07 bits per heavy atom. The van der Waals surface area contributed by atoms with Crippen LogP contribution in [0.15, 0.2) is 36.4 Å². The highest BCUT2D eigenvalue weighted by Crippen LogP contribution is 2.29. The van der Waals surface area contributed by atoms with Crippen molar-refractivity contribution in [2.24, 2.45) is 0 Å². The highest BCUT2D eigenvalue weighted by molar-refractivity contribution is 7.80. The Labute approximate surface area is 169 Å². The van der Waals surface area contributed by atoms with E-state index in [0.717, 1.165) is 29.0 Å². The molecule has 0 radical (unpaired) electrons. The molecule has 1 aromatic heterocycles. The summed E-state index contributed by atoms with van der Waals surface area (Å²) < 4.78 is 37.9. The number of nitrogens with one attached hydrogen (secondary N) is 1. The van der Waals surface area contributed by atoms with E-state index in [0.29, 0.717) is 30.6 Å². The monoisotopic (exact) mass is 410 g/mol. The zero-order chi connectivity index (χ0) is 20.9. The predicted molar refractivity (Wildman–Crippen MR) is 110 cm³/mol. The smallest absolute Gasteiger partial charge is 0.351 e. The fourth-order valence-electron chi connectivity index (χ4n) is 2.72. The van der Waals surface area contributed by atoms with Crippen LogP contribution in [0, 0.1) is 13.8 Å². The van der Waals surface area contributed by atoms with Crippen LogP contribution < -0.4 is 5.32 Å². The maximum atomic E-state index is 12.6. The van der Waals surface area contributed by atoms with Crippen molar-refractivity contribution in [2.45, 2.75) is 26.6 Å². The minimum atomic E-state index is -4.31. The third kappa shape index (κ3) is 6.76. The molecule has 0 aliphatic heterocycles. The molecule has 0 atom stereocenters. The van der Waals surface area contributed by atoms with E-state index in [-0.39, 0.29) is 0 Å². The number of halogens is 3. The summed E-state index contributed by atoms with van der Waals surface area (Å²) in [6.07, 6.45) is -4.31. The first-order chi connectivity index (χ1) is 13.0. The molecule has 152 valence electrons. The van der Waals surface area contributed by atoms with Crippen molar-refractivity contribution in [3.63, 3.8) is 0 Å². The maximum absolute atomic E-state index is 12.6. The SMILES string of the molecule is Cc1cc(C)nc(NC(=S)N(C)CCN(C)Cc2ccc(C(F)(F)F)cc2)c1. The van der Waals surface area contributed by atoms with Gasteiger partial charge in [0.05, 0.1) is 5.56 Å². The van der Waals surface area contributed by atoms with Crippen LogP contribution in [0.4, 0.5) is 19.0 Å². The van der Waals surface area contributed by atoms with Gasteiger partial charge in [0.15, 0.2) is 5.11 Å². The van der Waals surface area contributed by atoms with Crippen molar-refractivity contribution in [1.29, 1.82) is 0 Å². The topological polar surface area (TPSA) is 31.4 Å². The average molecular weight is 411 g/mol. The molecule has 0 saturated heterocycles. The highest BCUT2D eigenvalue weighted by Gasteiger charge is 2.29. The molecule has 0 saturated carbocycles. The van der Waals surface area contributed by atoms with Gasteiger partial charge in [-0.1, -0.05) is 12.1 Å². The first kappa shape index (κ1) is 22.1. The fraction of sp³-hybridized carbons (Fsp3) is 0.400. The second-order valence-electron chi connectivity index (χ2n) is 6.96. The summed E-state index contributed by atoms with van der Waals surface area (Å²) in [5.41, 5.74) is 2.23. The summed E-state index contributed by atoms with van der Waals surface area (Å²) >= 11 is 5.43. The van der Waals surface area contributed by atoms with Gasteiger partial charge in [0.25, 0.3) is 0 Å². The quantitative estimate of drug-likeness (QED) is 0.710. The predicted octanol–water partition coefficient (Wildman–Crippen LogP) is 4.48. The van der Waals surface area contributed by atoms with Gasteiger partial charge in [-0.05, 0) is 68.5 Å². The van der Waals surface area contributed by atoms with E-state index < -0.39 is 11.7 Å². The molecule has 4 nitrogen and oxygen atoms in total. The number of likely N-dealkylation sites (N-methyl/N-ethyl adjacent to an activating group) is 2. The van der Waals surface area contributed by atoms with Crippen LogP contribution in [-0.2, 0) is 12.7 Å². The Kier molecular flexibility index (Phi) is 7.37. The molecule has 28 heavy (non-hydrogen) atoms. The van der Waals surface area contributed by atoms with E-state index in [2.05, 4.69) is 10.3 Å². The normalized spacial score (nSPS) is 11.6. The summed E-state index contributed by atoms with van der Waals surface area (Å²) in [4.78, 5) is 8.37. The number of hydrogen-bond donors (Lipinski definition) is 1. The van der Waals surface area contributed by atoms with E-state index in [1.165, 1.54) is 12.1 Å². The highest BCUT2D eigenvalue weighted by atomic mass is 32.1. The van der Waals surface area contributed by atoms with Crippen LogP contribution in [0.25, 0.3) is 0 Å². The molecule has 0 bridgehead atoms. The lowest BCUT2D eigenvalue weighted by atomic mass is 10.1. The number of benzene rings is 1. The molecule has 0 spiro atoms. The lowest BCUT2D eigenvalue weighted by Crippen LogP contribution is -2.37. The molecule has 0 unspecified atom stereocenters. The van der Waals surface area contributed by atoms with Gasteiger partial charge in [0.2, 0.25) is 0 Å². The summed E-state index contributed by atoms with van der Waals surface area (Å²) in [7, 11) is 3.82. The van der Waals surface area contributed by atoms with Gasteiger partial charge in [-0.25, -0.2) is 4.98 Å². The van der Waals surface area contributed by atoms with Gasteiger partial charge in [-0.3, -0.25) is 0 Å². The molecule has 1 aromatic carbocycles. The molecular weight excluding hydrogens is 385 g/mol. The van der Waals surface area contributed by atoms with E-state index in [1.54, 1.807) is 0 Å². The number of rotatable bonds is 6. The third-order valence-electron chi connectivity index (χ3n) is 4.23. The molecule has 0 aliphatic rings. The maximum Gasteiger partial charge on any atom is 0.416 e. The van der Waals surface area contributed by atoms with Crippen molar-refractivity contribution in [2.75, 3.05) is 32.5 Å². The lowest BCUT2D eigenvalue weighted by molar-refractivity contribution is -0.137. The van der Waals surface area contributed by atoms with Crippen LogP contribution in [0.2, 0.25) is 0 Å². The number of alkyl halides is 3. The summed E-state index contributed by atoms with van der Waals surface area (Å²) in [5, 5.41) is 3.71. The van der Waals surface area contributed by atoms with Crippen molar-refractivity contribution in [3.05, 3.63) is 58.8 Å². The van der Waals surface area contributed by atoms with E-state index in [9.17, 15) is 13.2 Å². The summed E-state index contributed by atoms with van der Waals surface area (Å²) in [5.74, 6) is 0.715. The van der Waals surface area contributed by atoms with Crippen molar-refractivity contribution in [1.82, 2.24) is 14.8 Å². The third-order valence-corrected chi connectivity index (χ3v) is 4.64. The minimum Gasteiger partial charge on any atom is -0.351 e. The number of aromatic nitrogens is 1. The van der Waals surface area contributed by atoms with Crippen LogP contribution >= 0.6 is 12.2 Å². The first-order valence-electron chi connectivity index (χ1n) is 8.86. The van der Waals surface area contributed by atoms with Crippen molar-refractivity contribution < 1.29 is 13.2 Å². The molecular formula is C20H25F3N4S. The van der Waals surface area contributed by atoms with Gasteiger partial charge in [-0.15, -0.1) is 0 Å². The Morgan fingerprint density at radius 2 is 1.71 bits per heavy atom. The van der Waals surface area contributed by atoms with E-state index in [4.69, 9.17) is 12.2 Å². The Morgan fingerprint density at radius 3 is 2.29 bits per heavy atom. The molecule has 0 aliphatic carbocycles. The zero-order valence-corrected chi connectivity index (χ0v) is 17.3. The van der Waals surface area contributed by atoms with Crippen LogP contribution in [-0.4, -0.2) is 47.1 Å². The Bertz CT molecular complexity index is 786. The number of thiocarbonyl (C=S) groups is 1. The molecule has 8 heteroatoms. The summed E-state index contributed by atoms with van der Waals surface area (Å²) in [6.45, 7) is 5.88. The molecule has 1 heterocycles. The largest absolute Gasteiger partial charge is 0.416 e. The van der Waals surface area contributed by atoms with Gasteiger partial charge in [-0.2, -0.15) is 13.2 Å². The summed E-state index contributed by atoms with van der Waals surface area (Å²) in [6, 6.07) is 9.19. The first-order valence-corrected chi connectivity index (χ1v) is 9.27. The molecule has 1 N–H and O–H groups in total.